The summed E-state index contributed by atoms with van der Waals surface area (Å²) in [7, 11) is 0. The highest BCUT2D eigenvalue weighted by molar-refractivity contribution is 5.79. The molecule has 0 saturated heterocycles. The number of ether oxygens (including phenoxy) is 1. The maximum Gasteiger partial charge on any atom is 0.407 e. The molecule has 3 N–H and O–H groups in total. The third-order valence-corrected chi connectivity index (χ3v) is 6.11. The van der Waals surface area contributed by atoms with Crippen LogP contribution in [0.3, 0.4) is 0 Å². The molecule has 33 heavy (non-hydrogen) atoms. The van der Waals surface area contributed by atoms with E-state index in [1.165, 1.54) is 0 Å². The molecule has 0 radical (unpaired) electrons. The molecular formula is C25H28N2O6. The van der Waals surface area contributed by atoms with Crippen LogP contribution in [-0.4, -0.2) is 41.8 Å². The van der Waals surface area contributed by atoms with Crippen LogP contribution in [0, 0.1) is 5.92 Å². The van der Waals surface area contributed by atoms with Crippen LogP contribution in [0.25, 0.3) is 11.1 Å². The summed E-state index contributed by atoms with van der Waals surface area (Å²) in [5.74, 6) is -1.57. The van der Waals surface area contributed by atoms with E-state index in [4.69, 9.17) is 14.7 Å². The molecule has 2 aromatic carbocycles. The molecule has 8 nitrogen and oxygen atoms in total. The molecule has 0 spiro atoms. The third kappa shape index (κ3) is 5.51. The van der Waals surface area contributed by atoms with Crippen molar-refractivity contribution in [3.63, 3.8) is 0 Å². The second-order valence-electron chi connectivity index (χ2n) is 8.65. The molecule has 1 saturated carbocycles. The van der Waals surface area contributed by atoms with Gasteiger partial charge in [0.2, 0.25) is 5.91 Å². The van der Waals surface area contributed by atoms with Crippen molar-refractivity contribution in [3.8, 4) is 11.1 Å². The van der Waals surface area contributed by atoms with Gasteiger partial charge in [-0.05, 0) is 54.4 Å². The highest BCUT2D eigenvalue weighted by Gasteiger charge is 2.38. The first-order valence-electron chi connectivity index (χ1n) is 11.2. The molecule has 0 aliphatic heterocycles. The van der Waals surface area contributed by atoms with Gasteiger partial charge in [-0.3, -0.25) is 9.63 Å². The summed E-state index contributed by atoms with van der Waals surface area (Å²) in [4.78, 5) is 40.5. The number of hydroxylamine groups is 1. The Kier molecular flexibility index (Phi) is 6.93. The number of carboxylic acid groups (broad SMARTS) is 1. The van der Waals surface area contributed by atoms with Crippen LogP contribution >= 0.6 is 0 Å². The first-order valence-corrected chi connectivity index (χ1v) is 11.2. The van der Waals surface area contributed by atoms with Crippen molar-refractivity contribution in [2.24, 2.45) is 5.92 Å². The van der Waals surface area contributed by atoms with Crippen molar-refractivity contribution in [2.75, 3.05) is 6.61 Å². The second kappa shape index (κ2) is 10.0. The lowest BCUT2D eigenvalue weighted by Gasteiger charge is -2.17. The molecule has 174 valence electrons. The van der Waals surface area contributed by atoms with E-state index in [1.807, 2.05) is 24.3 Å². The lowest BCUT2D eigenvalue weighted by molar-refractivity contribution is -0.162. The molecule has 2 atom stereocenters. The minimum absolute atomic E-state index is 0.0185. The fraction of sp³-hybridized carbons (Fsp3) is 0.400. The lowest BCUT2D eigenvalue weighted by atomic mass is 9.98. The number of rotatable bonds is 10. The summed E-state index contributed by atoms with van der Waals surface area (Å²) in [5.41, 5.74) is 6.82. The number of benzene rings is 2. The summed E-state index contributed by atoms with van der Waals surface area (Å²) in [5, 5.41) is 11.9. The van der Waals surface area contributed by atoms with Crippen molar-refractivity contribution >= 4 is 18.0 Å². The zero-order valence-electron chi connectivity index (χ0n) is 18.5. The summed E-state index contributed by atoms with van der Waals surface area (Å²) in [6.07, 6.45) is 0.468. The highest BCUT2D eigenvalue weighted by atomic mass is 16.7. The SMILES string of the molecule is CC(CCC(=O)NOC(C(=O)O)C1CC1)NC(=O)OCC1c2ccccc2-c2ccccc21. The van der Waals surface area contributed by atoms with Crippen molar-refractivity contribution in [1.29, 1.82) is 0 Å². The number of fused-ring (bicyclic) bond motifs is 3. The Labute approximate surface area is 192 Å². The van der Waals surface area contributed by atoms with E-state index in [9.17, 15) is 14.4 Å². The van der Waals surface area contributed by atoms with Crippen LogP contribution < -0.4 is 10.8 Å². The zero-order valence-corrected chi connectivity index (χ0v) is 18.5. The monoisotopic (exact) mass is 452 g/mol. The molecule has 0 bridgehead atoms. The summed E-state index contributed by atoms with van der Waals surface area (Å²) >= 11 is 0. The number of hydrogen-bond acceptors (Lipinski definition) is 5. The minimum atomic E-state index is -1.08. The van der Waals surface area contributed by atoms with Crippen LogP contribution in [0.4, 0.5) is 4.79 Å². The molecule has 2 unspecified atom stereocenters. The molecule has 2 aromatic rings. The van der Waals surface area contributed by atoms with Gasteiger partial charge in [0.1, 0.15) is 6.61 Å². The normalized spacial score (nSPS) is 16.3. The van der Waals surface area contributed by atoms with E-state index in [2.05, 4.69) is 35.1 Å². The lowest BCUT2D eigenvalue weighted by Crippen LogP contribution is -2.37. The van der Waals surface area contributed by atoms with Crippen LogP contribution in [0.15, 0.2) is 48.5 Å². The van der Waals surface area contributed by atoms with E-state index in [0.29, 0.717) is 6.42 Å². The number of nitrogens with one attached hydrogen (secondary N) is 2. The molecule has 2 aliphatic rings. The predicted octanol–water partition coefficient (Wildman–Crippen LogP) is 3.60. The number of alkyl carbamates (subject to hydrolysis) is 1. The Hall–Kier alpha value is -3.39. The van der Waals surface area contributed by atoms with Gasteiger partial charge in [0.25, 0.3) is 0 Å². The average molecular weight is 453 g/mol. The van der Waals surface area contributed by atoms with Gasteiger partial charge in [-0.1, -0.05) is 48.5 Å². The Morgan fingerprint density at radius 3 is 2.21 bits per heavy atom. The number of carbonyl (C=O) groups is 3. The number of carboxylic acids is 1. The van der Waals surface area contributed by atoms with Gasteiger partial charge in [0, 0.05) is 18.4 Å². The Morgan fingerprint density at radius 2 is 1.64 bits per heavy atom. The zero-order chi connectivity index (χ0) is 23.4. The van der Waals surface area contributed by atoms with Gasteiger partial charge in [-0.15, -0.1) is 0 Å². The van der Waals surface area contributed by atoms with Crippen molar-refractivity contribution in [3.05, 3.63) is 59.7 Å². The highest BCUT2D eigenvalue weighted by Crippen LogP contribution is 2.44. The fourth-order valence-corrected chi connectivity index (χ4v) is 4.19. The molecule has 2 aliphatic carbocycles. The number of carbonyl (C=O) groups excluding carboxylic acids is 2. The summed E-state index contributed by atoms with van der Waals surface area (Å²) in [6.45, 7) is 2.00. The summed E-state index contributed by atoms with van der Waals surface area (Å²) < 4.78 is 5.52. The molecule has 0 heterocycles. The molecule has 2 amide bonds. The first-order chi connectivity index (χ1) is 15.9. The van der Waals surface area contributed by atoms with Crippen molar-refractivity contribution < 1.29 is 29.1 Å². The standard InChI is InChI=1S/C25H28N2O6/c1-15(10-13-22(28)27-33-23(24(29)30)16-11-12-16)26-25(31)32-14-21-19-8-4-2-6-17(19)18-7-3-5-9-20(18)21/h2-9,15-16,21,23H,10-14H2,1H3,(H,26,31)(H,27,28)(H,29,30). The van der Waals surface area contributed by atoms with Crippen LogP contribution in [0.5, 0.6) is 0 Å². The van der Waals surface area contributed by atoms with Gasteiger partial charge in [0.05, 0.1) is 0 Å². The Balaban J connectivity index is 1.21. The van der Waals surface area contributed by atoms with Crippen LogP contribution in [0.1, 0.15) is 49.7 Å². The van der Waals surface area contributed by atoms with E-state index < -0.39 is 24.1 Å². The number of amides is 2. The largest absolute Gasteiger partial charge is 0.479 e. The van der Waals surface area contributed by atoms with Gasteiger partial charge in [0.15, 0.2) is 6.10 Å². The van der Waals surface area contributed by atoms with Gasteiger partial charge in [-0.25, -0.2) is 15.1 Å². The van der Waals surface area contributed by atoms with Crippen LogP contribution in [-0.2, 0) is 19.2 Å². The smallest absolute Gasteiger partial charge is 0.407 e. The predicted molar refractivity (Wildman–Crippen MR) is 120 cm³/mol. The topological polar surface area (TPSA) is 114 Å². The van der Waals surface area contributed by atoms with E-state index in [-0.39, 0.29) is 30.9 Å². The van der Waals surface area contributed by atoms with Crippen molar-refractivity contribution in [2.45, 2.75) is 50.7 Å². The third-order valence-electron chi connectivity index (χ3n) is 6.11. The van der Waals surface area contributed by atoms with E-state index in [0.717, 1.165) is 35.1 Å². The maximum absolute atomic E-state index is 12.3. The molecular weight excluding hydrogens is 424 g/mol. The fourth-order valence-electron chi connectivity index (χ4n) is 4.19. The van der Waals surface area contributed by atoms with E-state index in [1.54, 1.807) is 6.92 Å². The number of hydrogen-bond donors (Lipinski definition) is 3. The Morgan fingerprint density at radius 1 is 1.03 bits per heavy atom. The average Bonchev–Trinajstić information content (AvgIpc) is 3.58. The molecule has 8 heteroatoms. The minimum Gasteiger partial charge on any atom is -0.479 e. The summed E-state index contributed by atoms with van der Waals surface area (Å²) in [6, 6.07) is 15.9. The van der Waals surface area contributed by atoms with E-state index >= 15 is 0 Å². The molecule has 1 fully saturated rings. The quantitative estimate of drug-likeness (QED) is 0.475. The number of aliphatic carboxylic acids is 1. The second-order valence-corrected chi connectivity index (χ2v) is 8.65. The first kappa shape index (κ1) is 22.8. The van der Waals surface area contributed by atoms with Gasteiger partial charge in [-0.2, -0.15) is 0 Å². The van der Waals surface area contributed by atoms with Crippen LogP contribution in [0.2, 0.25) is 0 Å². The van der Waals surface area contributed by atoms with Gasteiger partial charge < -0.3 is 15.2 Å². The molecule has 0 aromatic heterocycles. The van der Waals surface area contributed by atoms with Gasteiger partial charge >= 0.3 is 12.1 Å². The Bertz CT molecular complexity index is 990. The maximum atomic E-state index is 12.3. The van der Waals surface area contributed by atoms with Crippen molar-refractivity contribution in [1.82, 2.24) is 10.8 Å². The molecule has 4 rings (SSSR count).